The predicted molar refractivity (Wildman–Crippen MR) is 202 cm³/mol. The van der Waals surface area contributed by atoms with E-state index in [0.29, 0.717) is 61.9 Å². The number of carbonyl (C=O) groups is 2. The fraction of sp³-hybridized carbons (Fsp3) is 0.364. The van der Waals surface area contributed by atoms with Gasteiger partial charge in [-0.2, -0.15) is 0 Å². The first kappa shape index (κ1) is 37.5. The van der Waals surface area contributed by atoms with Gasteiger partial charge in [0.2, 0.25) is 0 Å². The lowest BCUT2D eigenvalue weighted by Crippen LogP contribution is -2.27. The summed E-state index contributed by atoms with van der Waals surface area (Å²) in [7, 11) is 0. The molecule has 51 heavy (non-hydrogen) atoms. The van der Waals surface area contributed by atoms with Crippen molar-refractivity contribution in [3.05, 3.63) is 122 Å². The second-order valence-electron chi connectivity index (χ2n) is 13.6. The summed E-state index contributed by atoms with van der Waals surface area (Å²) in [6, 6.07) is 9.59. The van der Waals surface area contributed by atoms with Crippen LogP contribution in [0.1, 0.15) is 81.9 Å². The molecular formula is C44H50O7. The molecule has 3 aromatic carbocycles. The summed E-state index contributed by atoms with van der Waals surface area (Å²) >= 11 is 0. The van der Waals surface area contributed by atoms with Crippen molar-refractivity contribution in [2.75, 3.05) is 33.0 Å². The Balaban J connectivity index is 1.45. The zero-order valence-electron chi connectivity index (χ0n) is 31.0. The zero-order chi connectivity index (χ0) is 37.0. The van der Waals surface area contributed by atoms with E-state index in [1.165, 1.54) is 0 Å². The van der Waals surface area contributed by atoms with Gasteiger partial charge in [-0.05, 0) is 135 Å². The van der Waals surface area contributed by atoms with E-state index in [1.54, 1.807) is 6.07 Å². The van der Waals surface area contributed by atoms with Crippen molar-refractivity contribution in [1.82, 2.24) is 0 Å². The molecule has 268 valence electrons. The second kappa shape index (κ2) is 16.1. The van der Waals surface area contributed by atoms with Crippen LogP contribution in [-0.2, 0) is 19.0 Å². The minimum atomic E-state index is -0.972. The molecule has 1 aliphatic heterocycles. The van der Waals surface area contributed by atoms with Gasteiger partial charge in [-0.25, -0.2) is 4.79 Å². The summed E-state index contributed by atoms with van der Waals surface area (Å²) in [5, 5.41) is 1.76. The SMILES string of the molecule is C=C(C)C(=C)CCCOCCOCCOc1ccc(C2=c3cc(C)c(=C)c(C)c3Oc3c2cc(C)c(C)c3C)c(C(=O)OC2C(=C)CCC2=O)c1. The summed E-state index contributed by atoms with van der Waals surface area (Å²) in [4.78, 5) is 26.8. The Bertz CT molecular complexity index is 2020. The van der Waals surface area contributed by atoms with Gasteiger partial charge in [0, 0.05) is 29.4 Å². The Morgan fingerprint density at radius 2 is 1.53 bits per heavy atom. The summed E-state index contributed by atoms with van der Waals surface area (Å²) in [6.07, 6.45) is 1.59. The third kappa shape index (κ3) is 8.11. The lowest BCUT2D eigenvalue weighted by molar-refractivity contribution is -0.123. The number of fused-ring (bicyclic) bond motifs is 2. The minimum Gasteiger partial charge on any atom is -0.491 e. The van der Waals surface area contributed by atoms with Gasteiger partial charge >= 0.3 is 5.97 Å². The number of rotatable bonds is 15. The van der Waals surface area contributed by atoms with E-state index in [0.717, 1.165) is 79.1 Å². The number of allylic oxidation sites excluding steroid dienone is 2. The lowest BCUT2D eigenvalue weighted by atomic mass is 9.85. The predicted octanol–water partition coefficient (Wildman–Crippen LogP) is 7.76. The summed E-state index contributed by atoms with van der Waals surface area (Å²) in [6.45, 7) is 30.6. The van der Waals surface area contributed by atoms with Crippen LogP contribution < -0.4 is 19.9 Å². The molecule has 1 saturated carbocycles. The van der Waals surface area contributed by atoms with Gasteiger partial charge < -0.3 is 23.7 Å². The van der Waals surface area contributed by atoms with E-state index in [2.05, 4.69) is 59.2 Å². The second-order valence-corrected chi connectivity index (χ2v) is 13.6. The van der Waals surface area contributed by atoms with Crippen LogP contribution in [0.15, 0.2) is 66.8 Å². The maximum Gasteiger partial charge on any atom is 0.339 e. The van der Waals surface area contributed by atoms with Gasteiger partial charge in [0.1, 0.15) is 23.9 Å². The lowest BCUT2D eigenvalue weighted by Gasteiger charge is -2.27. The maximum atomic E-state index is 14.1. The quantitative estimate of drug-likeness (QED) is 0.0546. The van der Waals surface area contributed by atoms with Gasteiger partial charge in [0.25, 0.3) is 0 Å². The van der Waals surface area contributed by atoms with Crippen LogP contribution in [0.3, 0.4) is 0 Å². The maximum absolute atomic E-state index is 14.1. The van der Waals surface area contributed by atoms with Crippen molar-refractivity contribution in [2.24, 2.45) is 0 Å². The monoisotopic (exact) mass is 690 g/mol. The molecule has 2 aliphatic rings. The molecule has 0 aromatic heterocycles. The van der Waals surface area contributed by atoms with Crippen LogP contribution in [0.2, 0.25) is 0 Å². The van der Waals surface area contributed by atoms with Gasteiger partial charge in [0.05, 0.1) is 25.4 Å². The van der Waals surface area contributed by atoms with E-state index >= 15 is 0 Å². The highest BCUT2D eigenvalue weighted by atomic mass is 16.6. The molecule has 0 bridgehead atoms. The molecule has 1 atom stereocenters. The largest absolute Gasteiger partial charge is 0.491 e. The van der Waals surface area contributed by atoms with Crippen molar-refractivity contribution in [2.45, 2.75) is 73.3 Å². The number of hydrogen-bond donors (Lipinski definition) is 0. The molecule has 0 radical (unpaired) electrons. The number of aryl methyl sites for hydroxylation is 2. The van der Waals surface area contributed by atoms with Crippen molar-refractivity contribution < 1.29 is 33.3 Å². The molecule has 3 aromatic rings. The summed E-state index contributed by atoms with van der Waals surface area (Å²) < 4.78 is 30.0. The van der Waals surface area contributed by atoms with Gasteiger partial charge in [0.15, 0.2) is 11.9 Å². The highest BCUT2D eigenvalue weighted by Gasteiger charge is 2.34. The highest BCUT2D eigenvalue weighted by molar-refractivity contribution is 6.02. The normalized spacial score (nSPS) is 14.9. The van der Waals surface area contributed by atoms with Crippen molar-refractivity contribution in [3.63, 3.8) is 0 Å². The number of carbonyl (C=O) groups excluding carboxylic acids is 2. The summed E-state index contributed by atoms with van der Waals surface area (Å²) in [5.41, 5.74) is 10.5. The molecular weight excluding hydrogens is 640 g/mol. The van der Waals surface area contributed by atoms with Crippen LogP contribution >= 0.6 is 0 Å². The third-order valence-electron chi connectivity index (χ3n) is 10.0. The first-order valence-corrected chi connectivity index (χ1v) is 17.6. The van der Waals surface area contributed by atoms with E-state index < -0.39 is 12.1 Å². The number of ether oxygens (including phenoxy) is 5. The number of esters is 1. The van der Waals surface area contributed by atoms with Gasteiger partial charge in [-0.1, -0.05) is 37.5 Å². The zero-order valence-corrected chi connectivity index (χ0v) is 31.0. The number of benzene rings is 3. The Morgan fingerprint density at radius 1 is 0.824 bits per heavy atom. The molecule has 7 nitrogen and oxygen atoms in total. The van der Waals surface area contributed by atoms with Gasteiger partial charge in [-0.3, -0.25) is 4.79 Å². The molecule has 1 unspecified atom stereocenters. The van der Waals surface area contributed by atoms with Crippen molar-refractivity contribution in [1.29, 1.82) is 0 Å². The smallest absolute Gasteiger partial charge is 0.339 e. The van der Waals surface area contributed by atoms with E-state index in [-0.39, 0.29) is 18.0 Å². The van der Waals surface area contributed by atoms with Crippen molar-refractivity contribution >= 4 is 23.9 Å². The van der Waals surface area contributed by atoms with Crippen LogP contribution in [0.5, 0.6) is 17.2 Å². The van der Waals surface area contributed by atoms with Crippen LogP contribution in [-0.4, -0.2) is 50.9 Å². The molecule has 0 spiro atoms. The number of Topliss-reactive ketones (excluding diaryl/α,β-unsaturated/α-hetero) is 1. The Labute approximate surface area is 301 Å². The van der Waals surface area contributed by atoms with E-state index in [4.69, 9.17) is 23.7 Å². The first-order chi connectivity index (χ1) is 24.3. The fourth-order valence-electron chi connectivity index (χ4n) is 6.47. The van der Waals surface area contributed by atoms with Crippen LogP contribution in [0.25, 0.3) is 12.2 Å². The molecule has 1 heterocycles. The molecule has 0 saturated heterocycles. The third-order valence-corrected chi connectivity index (χ3v) is 10.0. The Hall–Kier alpha value is -4.72. The highest BCUT2D eigenvalue weighted by Crippen LogP contribution is 2.43. The van der Waals surface area contributed by atoms with Gasteiger partial charge in [-0.15, -0.1) is 0 Å². The molecule has 7 heteroatoms. The first-order valence-electron chi connectivity index (χ1n) is 17.6. The molecule has 1 fully saturated rings. The standard InChI is InChI=1S/C44H50O7/c1-25(2)26(3)12-11-17-47-18-19-48-20-21-49-34-14-15-35(36(24-34)44(46)51-41-27(4)13-16-39(41)45)40-37-22-28(5)30(7)32(9)42(37)50-43-33(10)31(8)29(6)23-38(40)43/h14-15,22-24,41H,1,3-4,7,11-13,16-21H2,2,5-6,8-10H3. The molecule has 0 N–H and O–H groups in total. The fourth-order valence-corrected chi connectivity index (χ4v) is 6.47. The molecule has 0 amide bonds. The Morgan fingerprint density at radius 3 is 2.22 bits per heavy atom. The van der Waals surface area contributed by atoms with E-state index in [9.17, 15) is 9.59 Å². The average Bonchev–Trinajstić information content (AvgIpc) is 3.42. The van der Waals surface area contributed by atoms with Crippen molar-refractivity contribution in [3.8, 4) is 17.2 Å². The minimum absolute atomic E-state index is 0.147. The average molecular weight is 691 g/mol. The number of ketones is 1. The number of hydrogen-bond acceptors (Lipinski definition) is 7. The van der Waals surface area contributed by atoms with Crippen LogP contribution in [0.4, 0.5) is 0 Å². The Kier molecular flexibility index (Phi) is 11.8. The summed E-state index contributed by atoms with van der Waals surface area (Å²) in [5.74, 6) is 1.15. The molecule has 5 rings (SSSR count). The molecule has 1 aliphatic carbocycles. The van der Waals surface area contributed by atoms with Crippen LogP contribution in [0, 0.1) is 34.6 Å². The van der Waals surface area contributed by atoms with E-state index in [1.807, 2.05) is 32.9 Å². The topological polar surface area (TPSA) is 80.3 Å².